The Kier molecular flexibility index (Phi) is 6.83. The summed E-state index contributed by atoms with van der Waals surface area (Å²) in [7, 11) is 1.66. The molecule has 0 aliphatic heterocycles. The predicted molar refractivity (Wildman–Crippen MR) is 77.8 cm³/mol. The molecule has 0 saturated carbocycles. The molecule has 0 unspecified atom stereocenters. The van der Waals surface area contributed by atoms with Gasteiger partial charge in [-0.25, -0.2) is 0 Å². The molecule has 100 valence electrons. The molecular weight excluding hydrogens is 244 g/mol. The van der Waals surface area contributed by atoms with Gasteiger partial charge in [0.15, 0.2) is 0 Å². The molecule has 0 aliphatic rings. The van der Waals surface area contributed by atoms with E-state index in [1.165, 1.54) is 5.56 Å². The highest BCUT2D eigenvalue weighted by Crippen LogP contribution is 2.18. The van der Waals surface area contributed by atoms with Crippen molar-refractivity contribution >= 4 is 17.7 Å². The van der Waals surface area contributed by atoms with E-state index < -0.39 is 0 Å². The Morgan fingerprint density at radius 3 is 2.50 bits per heavy atom. The molecule has 0 aliphatic carbocycles. The second kappa shape index (κ2) is 8.16. The molecule has 1 amide bonds. The van der Waals surface area contributed by atoms with Crippen LogP contribution < -0.4 is 10.6 Å². The van der Waals surface area contributed by atoms with Crippen LogP contribution in [0.2, 0.25) is 0 Å². The Hall–Kier alpha value is -1.00. The van der Waals surface area contributed by atoms with Gasteiger partial charge in [-0.2, -0.15) is 0 Å². The van der Waals surface area contributed by atoms with E-state index in [9.17, 15) is 4.79 Å². The molecule has 0 radical (unpaired) electrons. The minimum Gasteiger partial charge on any atom is -0.358 e. The van der Waals surface area contributed by atoms with Crippen molar-refractivity contribution < 1.29 is 4.79 Å². The van der Waals surface area contributed by atoms with Gasteiger partial charge in [-0.15, -0.1) is 11.8 Å². The van der Waals surface area contributed by atoms with Crippen molar-refractivity contribution in [2.24, 2.45) is 5.92 Å². The van der Waals surface area contributed by atoms with E-state index in [0.717, 1.165) is 18.0 Å². The van der Waals surface area contributed by atoms with Crippen LogP contribution in [-0.2, 0) is 11.3 Å². The lowest BCUT2D eigenvalue weighted by Gasteiger charge is -2.08. The van der Waals surface area contributed by atoms with E-state index in [-0.39, 0.29) is 5.91 Å². The van der Waals surface area contributed by atoms with Crippen LogP contribution in [0.1, 0.15) is 19.4 Å². The third-order valence-corrected chi connectivity index (χ3v) is 3.47. The van der Waals surface area contributed by atoms with E-state index in [2.05, 4.69) is 48.7 Å². The molecular formula is C14H22N2OS. The summed E-state index contributed by atoms with van der Waals surface area (Å²) < 4.78 is 0. The van der Waals surface area contributed by atoms with Crippen molar-refractivity contribution in [3.63, 3.8) is 0 Å². The number of carbonyl (C=O) groups excluding carboxylic acids is 1. The fourth-order valence-electron chi connectivity index (χ4n) is 1.43. The van der Waals surface area contributed by atoms with Crippen LogP contribution >= 0.6 is 11.8 Å². The maximum Gasteiger partial charge on any atom is 0.230 e. The summed E-state index contributed by atoms with van der Waals surface area (Å²) in [6.45, 7) is 6.34. The lowest BCUT2D eigenvalue weighted by Crippen LogP contribution is -2.19. The van der Waals surface area contributed by atoms with Gasteiger partial charge in [0.1, 0.15) is 0 Å². The second-order valence-electron chi connectivity index (χ2n) is 4.63. The zero-order valence-corrected chi connectivity index (χ0v) is 12.1. The zero-order valence-electron chi connectivity index (χ0n) is 11.3. The van der Waals surface area contributed by atoms with Crippen molar-refractivity contribution in [3.05, 3.63) is 29.8 Å². The fourth-order valence-corrected chi connectivity index (χ4v) is 2.20. The Morgan fingerprint density at radius 1 is 1.28 bits per heavy atom. The number of amides is 1. The fraction of sp³-hybridized carbons (Fsp3) is 0.500. The van der Waals surface area contributed by atoms with Gasteiger partial charge in [0.05, 0.1) is 5.75 Å². The van der Waals surface area contributed by atoms with Crippen LogP contribution in [0.4, 0.5) is 0 Å². The summed E-state index contributed by atoms with van der Waals surface area (Å²) in [5.41, 5.74) is 1.28. The molecule has 2 N–H and O–H groups in total. The SMILES string of the molecule is CNC(=O)CSc1ccc(CNCC(C)C)cc1. The Labute approximate surface area is 114 Å². The molecule has 1 aromatic rings. The maximum atomic E-state index is 11.1. The predicted octanol–water partition coefficient (Wildman–Crippen LogP) is 2.27. The molecule has 1 rings (SSSR count). The first kappa shape index (κ1) is 15.1. The topological polar surface area (TPSA) is 41.1 Å². The summed E-state index contributed by atoms with van der Waals surface area (Å²) in [5, 5.41) is 6.02. The highest BCUT2D eigenvalue weighted by atomic mass is 32.2. The molecule has 3 nitrogen and oxygen atoms in total. The quantitative estimate of drug-likeness (QED) is 0.744. The summed E-state index contributed by atoms with van der Waals surface area (Å²) in [5.74, 6) is 1.21. The van der Waals surface area contributed by atoms with Gasteiger partial charge in [0.2, 0.25) is 5.91 Å². The number of benzene rings is 1. The van der Waals surface area contributed by atoms with Gasteiger partial charge in [0.25, 0.3) is 0 Å². The van der Waals surface area contributed by atoms with E-state index in [0.29, 0.717) is 11.7 Å². The first-order chi connectivity index (χ1) is 8.61. The van der Waals surface area contributed by atoms with Gasteiger partial charge in [0, 0.05) is 18.5 Å². The van der Waals surface area contributed by atoms with E-state index >= 15 is 0 Å². The van der Waals surface area contributed by atoms with Crippen LogP contribution in [0.15, 0.2) is 29.2 Å². The molecule has 0 fully saturated rings. The number of rotatable bonds is 7. The van der Waals surface area contributed by atoms with Crippen LogP contribution in [0.3, 0.4) is 0 Å². The Morgan fingerprint density at radius 2 is 1.94 bits per heavy atom. The molecule has 1 aromatic carbocycles. The number of carbonyl (C=O) groups is 1. The largest absolute Gasteiger partial charge is 0.358 e. The highest BCUT2D eigenvalue weighted by molar-refractivity contribution is 8.00. The Bertz CT molecular complexity index is 363. The molecule has 0 saturated heterocycles. The van der Waals surface area contributed by atoms with E-state index in [1.807, 2.05) is 0 Å². The van der Waals surface area contributed by atoms with E-state index in [1.54, 1.807) is 18.8 Å². The van der Waals surface area contributed by atoms with Crippen LogP contribution in [0.25, 0.3) is 0 Å². The third-order valence-electron chi connectivity index (χ3n) is 2.45. The Balaban J connectivity index is 2.35. The minimum absolute atomic E-state index is 0.0580. The average Bonchev–Trinajstić information content (AvgIpc) is 2.37. The third kappa shape index (κ3) is 6.07. The standard InChI is InChI=1S/C14H22N2OS/c1-11(2)8-16-9-12-4-6-13(7-5-12)18-10-14(17)15-3/h4-7,11,16H,8-10H2,1-3H3,(H,15,17). The summed E-state index contributed by atoms with van der Waals surface area (Å²) in [4.78, 5) is 12.2. The molecule has 0 aromatic heterocycles. The van der Waals surface area contributed by atoms with Gasteiger partial charge in [-0.1, -0.05) is 26.0 Å². The van der Waals surface area contributed by atoms with Gasteiger partial charge in [-0.3, -0.25) is 4.79 Å². The summed E-state index contributed by atoms with van der Waals surface area (Å²) in [6, 6.07) is 8.36. The molecule has 0 atom stereocenters. The lowest BCUT2D eigenvalue weighted by atomic mass is 10.2. The number of hydrogen-bond donors (Lipinski definition) is 2. The molecule has 0 spiro atoms. The second-order valence-corrected chi connectivity index (χ2v) is 5.68. The minimum atomic E-state index is 0.0580. The van der Waals surface area contributed by atoms with Crippen molar-refractivity contribution in [2.75, 3.05) is 19.3 Å². The number of nitrogens with one attached hydrogen (secondary N) is 2. The maximum absolute atomic E-state index is 11.1. The molecule has 4 heteroatoms. The highest BCUT2D eigenvalue weighted by Gasteiger charge is 2.00. The van der Waals surface area contributed by atoms with E-state index in [4.69, 9.17) is 0 Å². The average molecular weight is 266 g/mol. The smallest absolute Gasteiger partial charge is 0.230 e. The van der Waals surface area contributed by atoms with Crippen LogP contribution in [-0.4, -0.2) is 25.3 Å². The van der Waals surface area contributed by atoms with Gasteiger partial charge >= 0.3 is 0 Å². The monoisotopic (exact) mass is 266 g/mol. The lowest BCUT2D eigenvalue weighted by molar-refractivity contribution is -0.118. The number of hydrogen-bond acceptors (Lipinski definition) is 3. The van der Waals surface area contributed by atoms with Crippen LogP contribution in [0, 0.1) is 5.92 Å². The summed E-state index contributed by atoms with van der Waals surface area (Å²) in [6.07, 6.45) is 0. The first-order valence-electron chi connectivity index (χ1n) is 6.25. The molecule has 18 heavy (non-hydrogen) atoms. The first-order valence-corrected chi connectivity index (χ1v) is 7.23. The molecule has 0 heterocycles. The number of thioether (sulfide) groups is 1. The van der Waals surface area contributed by atoms with Crippen molar-refractivity contribution in [1.29, 1.82) is 0 Å². The molecule has 0 bridgehead atoms. The normalized spacial score (nSPS) is 10.7. The zero-order chi connectivity index (χ0) is 13.4. The van der Waals surface area contributed by atoms with Crippen molar-refractivity contribution in [3.8, 4) is 0 Å². The van der Waals surface area contributed by atoms with Crippen LogP contribution in [0.5, 0.6) is 0 Å². The van der Waals surface area contributed by atoms with Crippen molar-refractivity contribution in [2.45, 2.75) is 25.3 Å². The van der Waals surface area contributed by atoms with Gasteiger partial charge in [-0.05, 0) is 30.2 Å². The van der Waals surface area contributed by atoms with Crippen molar-refractivity contribution in [1.82, 2.24) is 10.6 Å². The van der Waals surface area contributed by atoms with Gasteiger partial charge < -0.3 is 10.6 Å². The summed E-state index contributed by atoms with van der Waals surface area (Å²) >= 11 is 1.56.